The molecule has 0 saturated heterocycles. The summed E-state index contributed by atoms with van der Waals surface area (Å²) in [6, 6.07) is 4.23. The van der Waals surface area contributed by atoms with Crippen LogP contribution in [-0.4, -0.2) is 40.8 Å². The fraction of sp³-hybridized carbons (Fsp3) is 0.167. The zero-order chi connectivity index (χ0) is 17.0. The lowest BCUT2D eigenvalue weighted by Gasteiger charge is -2.08. The summed E-state index contributed by atoms with van der Waals surface area (Å²) in [5, 5.41) is 21.0. The van der Waals surface area contributed by atoms with Crippen molar-refractivity contribution in [1.29, 1.82) is 5.26 Å². The first-order valence-corrected chi connectivity index (χ1v) is 7.64. The van der Waals surface area contributed by atoms with Crippen LogP contribution in [0.4, 0.5) is 4.39 Å². The summed E-state index contributed by atoms with van der Waals surface area (Å²) in [6.45, 7) is -0.0284. The number of nitrogens with one attached hydrogen (secondary N) is 1. The minimum absolute atomic E-state index is 0.0526. The van der Waals surface area contributed by atoms with E-state index in [9.17, 15) is 17.6 Å². The molecule has 0 aliphatic heterocycles. The van der Waals surface area contributed by atoms with Crippen LogP contribution in [0.15, 0.2) is 29.4 Å². The molecule has 0 saturated carbocycles. The Bertz CT molecular complexity index is 887. The molecule has 0 bridgehead atoms. The van der Waals surface area contributed by atoms with Crippen molar-refractivity contribution in [3.05, 3.63) is 41.7 Å². The largest absolute Gasteiger partial charge is 0.478 e. The van der Waals surface area contributed by atoms with Gasteiger partial charge in [0, 0.05) is 6.54 Å². The number of nitriles is 1. The standard InChI is InChI=1S/C12H10FN5O4S/c13-9-5-8(12(19)20)1-2-10(9)23(21,22)16-3-4-18-7-15-11(6-14)17-18/h1-2,5,7,16H,3-4H2,(H,19,20). The normalized spacial score (nSPS) is 11.1. The van der Waals surface area contributed by atoms with E-state index in [1.54, 1.807) is 6.07 Å². The number of benzene rings is 1. The molecule has 1 aromatic carbocycles. The molecule has 2 N–H and O–H groups in total. The molecule has 0 fully saturated rings. The van der Waals surface area contributed by atoms with Crippen LogP contribution >= 0.6 is 0 Å². The lowest BCUT2D eigenvalue weighted by atomic mass is 10.2. The summed E-state index contributed by atoms with van der Waals surface area (Å²) >= 11 is 0. The average molecular weight is 339 g/mol. The number of hydrogen-bond acceptors (Lipinski definition) is 6. The van der Waals surface area contributed by atoms with E-state index >= 15 is 0 Å². The predicted octanol–water partition coefficient (Wildman–Crippen LogP) is -0.0344. The van der Waals surface area contributed by atoms with E-state index < -0.39 is 26.7 Å². The van der Waals surface area contributed by atoms with Gasteiger partial charge in [-0.2, -0.15) is 5.26 Å². The maximum absolute atomic E-state index is 13.8. The highest BCUT2D eigenvalue weighted by Gasteiger charge is 2.20. The van der Waals surface area contributed by atoms with Gasteiger partial charge in [0.15, 0.2) is 0 Å². The maximum Gasteiger partial charge on any atom is 0.335 e. The molecule has 11 heteroatoms. The number of aromatic carboxylic acids is 1. The van der Waals surface area contributed by atoms with Gasteiger partial charge in [0.25, 0.3) is 5.82 Å². The topological polar surface area (TPSA) is 138 Å². The average Bonchev–Trinajstić information content (AvgIpc) is 2.94. The SMILES string of the molecule is N#Cc1ncn(CCNS(=O)(=O)c2ccc(C(=O)O)cc2F)n1. The second kappa shape index (κ2) is 6.51. The van der Waals surface area contributed by atoms with Crippen LogP contribution in [-0.2, 0) is 16.6 Å². The number of carbonyl (C=O) groups is 1. The maximum atomic E-state index is 13.8. The molecule has 0 spiro atoms. The molecule has 0 aliphatic rings. The van der Waals surface area contributed by atoms with Crippen LogP contribution < -0.4 is 4.72 Å². The zero-order valence-corrected chi connectivity index (χ0v) is 12.3. The van der Waals surface area contributed by atoms with Crippen LogP contribution in [0.25, 0.3) is 0 Å². The second-order valence-electron chi connectivity index (χ2n) is 4.29. The fourth-order valence-corrected chi connectivity index (χ4v) is 2.76. The molecule has 1 aromatic heterocycles. The van der Waals surface area contributed by atoms with E-state index in [1.807, 2.05) is 0 Å². The first kappa shape index (κ1) is 16.5. The van der Waals surface area contributed by atoms with Gasteiger partial charge in [-0.15, -0.1) is 5.10 Å². The lowest BCUT2D eigenvalue weighted by Crippen LogP contribution is -2.28. The molecular formula is C12H10FN5O4S. The minimum atomic E-state index is -4.15. The first-order valence-electron chi connectivity index (χ1n) is 6.15. The van der Waals surface area contributed by atoms with Gasteiger partial charge in [0.1, 0.15) is 23.1 Å². The molecule has 0 atom stereocenters. The Morgan fingerprint density at radius 1 is 1.48 bits per heavy atom. The number of nitrogens with zero attached hydrogens (tertiary/aromatic N) is 4. The van der Waals surface area contributed by atoms with E-state index in [1.165, 1.54) is 11.0 Å². The molecule has 1 heterocycles. The second-order valence-corrected chi connectivity index (χ2v) is 6.03. The molecule has 23 heavy (non-hydrogen) atoms. The van der Waals surface area contributed by atoms with Gasteiger partial charge in [-0.05, 0) is 18.2 Å². The van der Waals surface area contributed by atoms with Gasteiger partial charge in [-0.25, -0.2) is 27.3 Å². The molecule has 0 aliphatic carbocycles. The van der Waals surface area contributed by atoms with Crippen LogP contribution in [0.2, 0.25) is 0 Å². The Morgan fingerprint density at radius 3 is 2.78 bits per heavy atom. The Labute approximate surface area is 130 Å². The number of carboxylic acid groups (broad SMARTS) is 1. The zero-order valence-electron chi connectivity index (χ0n) is 11.5. The third-order valence-corrected chi connectivity index (χ3v) is 4.23. The van der Waals surface area contributed by atoms with Gasteiger partial charge in [0.05, 0.1) is 12.1 Å². The quantitative estimate of drug-likeness (QED) is 0.753. The Kier molecular flexibility index (Phi) is 4.68. The van der Waals surface area contributed by atoms with Crippen LogP contribution in [0.1, 0.15) is 16.2 Å². The summed E-state index contributed by atoms with van der Waals surface area (Å²) in [4.78, 5) is 13.7. The van der Waals surface area contributed by atoms with E-state index in [2.05, 4.69) is 14.8 Å². The fourth-order valence-electron chi connectivity index (χ4n) is 1.68. The number of hydrogen-bond donors (Lipinski definition) is 2. The van der Waals surface area contributed by atoms with E-state index in [4.69, 9.17) is 10.4 Å². The third-order valence-electron chi connectivity index (χ3n) is 2.74. The molecule has 0 radical (unpaired) electrons. The number of rotatable bonds is 6. The van der Waals surface area contributed by atoms with Crippen molar-refractivity contribution in [1.82, 2.24) is 19.5 Å². The minimum Gasteiger partial charge on any atom is -0.478 e. The molecule has 0 unspecified atom stereocenters. The Hall–Kier alpha value is -2.84. The van der Waals surface area contributed by atoms with Crippen molar-refractivity contribution in [2.45, 2.75) is 11.4 Å². The monoisotopic (exact) mass is 339 g/mol. The number of sulfonamides is 1. The van der Waals surface area contributed by atoms with Gasteiger partial charge < -0.3 is 5.11 Å². The summed E-state index contributed by atoms with van der Waals surface area (Å²) < 4.78 is 41.1. The van der Waals surface area contributed by atoms with E-state index in [-0.39, 0.29) is 24.5 Å². The Balaban J connectivity index is 2.07. The highest BCUT2D eigenvalue weighted by molar-refractivity contribution is 7.89. The van der Waals surface area contributed by atoms with E-state index in [0.29, 0.717) is 6.07 Å². The van der Waals surface area contributed by atoms with Crippen molar-refractivity contribution in [3.8, 4) is 6.07 Å². The summed E-state index contributed by atoms with van der Waals surface area (Å²) in [7, 11) is -4.15. The molecule has 120 valence electrons. The number of carboxylic acids is 1. The lowest BCUT2D eigenvalue weighted by molar-refractivity contribution is 0.0696. The highest BCUT2D eigenvalue weighted by Crippen LogP contribution is 2.16. The Morgan fingerprint density at radius 2 is 2.22 bits per heavy atom. The van der Waals surface area contributed by atoms with Crippen molar-refractivity contribution >= 4 is 16.0 Å². The van der Waals surface area contributed by atoms with Gasteiger partial charge in [0.2, 0.25) is 10.0 Å². The van der Waals surface area contributed by atoms with Crippen LogP contribution in [0.3, 0.4) is 0 Å². The van der Waals surface area contributed by atoms with Gasteiger partial charge in [-0.1, -0.05) is 0 Å². The van der Waals surface area contributed by atoms with Crippen molar-refractivity contribution in [3.63, 3.8) is 0 Å². The number of halogens is 1. The van der Waals surface area contributed by atoms with Crippen molar-refractivity contribution in [2.75, 3.05) is 6.54 Å². The molecular weight excluding hydrogens is 329 g/mol. The number of aromatic nitrogens is 3. The summed E-state index contributed by atoms with van der Waals surface area (Å²) in [5.41, 5.74) is -0.354. The molecule has 9 nitrogen and oxygen atoms in total. The van der Waals surface area contributed by atoms with Crippen LogP contribution in [0.5, 0.6) is 0 Å². The summed E-state index contributed by atoms with van der Waals surface area (Å²) in [5.74, 6) is -2.58. The van der Waals surface area contributed by atoms with Gasteiger partial charge in [-0.3, -0.25) is 4.68 Å². The van der Waals surface area contributed by atoms with Gasteiger partial charge >= 0.3 is 5.97 Å². The van der Waals surface area contributed by atoms with Crippen molar-refractivity contribution in [2.24, 2.45) is 0 Å². The smallest absolute Gasteiger partial charge is 0.335 e. The van der Waals surface area contributed by atoms with E-state index in [0.717, 1.165) is 12.1 Å². The predicted molar refractivity (Wildman–Crippen MR) is 73.3 cm³/mol. The van der Waals surface area contributed by atoms with Crippen molar-refractivity contribution < 1.29 is 22.7 Å². The van der Waals surface area contributed by atoms with Crippen LogP contribution in [0, 0.1) is 17.1 Å². The highest BCUT2D eigenvalue weighted by atomic mass is 32.2. The summed E-state index contributed by atoms with van der Waals surface area (Å²) in [6.07, 6.45) is 1.26. The molecule has 2 rings (SSSR count). The molecule has 0 amide bonds. The first-order chi connectivity index (χ1) is 10.8. The third kappa shape index (κ3) is 3.87. The molecule has 2 aromatic rings.